The molecule has 1 aliphatic rings. The maximum absolute atomic E-state index is 12.2. The summed E-state index contributed by atoms with van der Waals surface area (Å²) in [6.45, 7) is 3.13. The number of rotatable bonds is 5. The third-order valence-corrected chi connectivity index (χ3v) is 5.03. The summed E-state index contributed by atoms with van der Waals surface area (Å²) < 4.78 is 28.0. The molecule has 3 N–H and O–H groups in total. The van der Waals surface area contributed by atoms with Gasteiger partial charge in [-0.2, -0.15) is 0 Å². The van der Waals surface area contributed by atoms with Crippen molar-refractivity contribution in [2.75, 3.05) is 20.2 Å². The molecular formula is C15H23N3O4S. The molecule has 23 heavy (non-hydrogen) atoms. The Labute approximate surface area is 136 Å². The highest BCUT2D eigenvalue weighted by Gasteiger charge is 2.21. The van der Waals surface area contributed by atoms with E-state index < -0.39 is 10.0 Å². The summed E-state index contributed by atoms with van der Waals surface area (Å²) in [5.74, 6) is 0. The van der Waals surface area contributed by atoms with Crippen molar-refractivity contribution >= 4 is 16.1 Å². The average molecular weight is 341 g/mol. The molecule has 128 valence electrons. The molecule has 0 aliphatic carbocycles. The second-order valence-corrected chi connectivity index (χ2v) is 7.28. The largest absolute Gasteiger partial charge is 0.376 e. The highest BCUT2D eigenvalue weighted by atomic mass is 32.2. The Hall–Kier alpha value is -1.64. The monoisotopic (exact) mass is 341 g/mol. The number of urea groups is 1. The Balaban J connectivity index is 1.95. The van der Waals surface area contributed by atoms with Crippen molar-refractivity contribution in [3.63, 3.8) is 0 Å². The summed E-state index contributed by atoms with van der Waals surface area (Å²) in [6.07, 6.45) is 2.09. The molecule has 0 saturated carbocycles. The van der Waals surface area contributed by atoms with Crippen LogP contribution in [0.1, 0.15) is 31.4 Å². The highest BCUT2D eigenvalue weighted by molar-refractivity contribution is 7.89. The molecule has 7 nitrogen and oxygen atoms in total. The van der Waals surface area contributed by atoms with Crippen LogP contribution in [0.2, 0.25) is 0 Å². The smallest absolute Gasteiger partial charge is 0.317 e. The lowest BCUT2D eigenvalue weighted by Crippen LogP contribution is -2.41. The lowest BCUT2D eigenvalue weighted by Gasteiger charge is -2.26. The van der Waals surface area contributed by atoms with Crippen molar-refractivity contribution < 1.29 is 17.9 Å². The number of nitrogens with one attached hydrogen (secondary N) is 1. The molecule has 2 unspecified atom stereocenters. The molecule has 2 rings (SSSR count). The number of benzene rings is 1. The normalized spacial score (nSPS) is 19.3. The van der Waals surface area contributed by atoms with Gasteiger partial charge < -0.3 is 15.0 Å². The Bertz CT molecular complexity index is 639. The zero-order chi connectivity index (χ0) is 17.0. The van der Waals surface area contributed by atoms with E-state index in [0.717, 1.165) is 25.0 Å². The molecule has 1 saturated heterocycles. The topological polar surface area (TPSA) is 102 Å². The predicted molar refractivity (Wildman–Crippen MR) is 86.4 cm³/mol. The van der Waals surface area contributed by atoms with E-state index in [9.17, 15) is 13.2 Å². The molecule has 0 aromatic heterocycles. The van der Waals surface area contributed by atoms with Gasteiger partial charge in [0.15, 0.2) is 0 Å². The van der Waals surface area contributed by atoms with E-state index in [1.807, 2.05) is 6.92 Å². The van der Waals surface area contributed by atoms with Crippen LogP contribution in [0.5, 0.6) is 0 Å². The van der Waals surface area contributed by atoms with Crippen LogP contribution in [0.4, 0.5) is 4.79 Å². The summed E-state index contributed by atoms with van der Waals surface area (Å²) in [6, 6.07) is 5.82. The van der Waals surface area contributed by atoms with Crippen molar-refractivity contribution in [2.24, 2.45) is 5.14 Å². The first kappa shape index (κ1) is 17.7. The minimum Gasteiger partial charge on any atom is -0.376 e. The minimum absolute atomic E-state index is 0.0546. The molecular weight excluding hydrogens is 318 g/mol. The number of hydrogen-bond donors (Lipinski definition) is 2. The summed E-state index contributed by atoms with van der Waals surface area (Å²) in [7, 11) is -2.01. The number of nitrogens with zero attached hydrogens (tertiary/aromatic N) is 1. The Morgan fingerprint density at radius 1 is 1.43 bits per heavy atom. The van der Waals surface area contributed by atoms with Gasteiger partial charge >= 0.3 is 6.03 Å². The second-order valence-electron chi connectivity index (χ2n) is 5.72. The lowest BCUT2D eigenvalue weighted by molar-refractivity contribution is 0.108. The van der Waals surface area contributed by atoms with E-state index in [1.54, 1.807) is 24.1 Å². The molecule has 0 spiro atoms. The van der Waals surface area contributed by atoms with Crippen molar-refractivity contribution in [3.05, 3.63) is 29.8 Å². The maximum Gasteiger partial charge on any atom is 0.317 e. The van der Waals surface area contributed by atoms with Crippen molar-refractivity contribution in [3.8, 4) is 0 Å². The third-order valence-electron chi connectivity index (χ3n) is 4.10. The Morgan fingerprint density at radius 3 is 2.61 bits per heavy atom. The highest BCUT2D eigenvalue weighted by Crippen LogP contribution is 2.20. The van der Waals surface area contributed by atoms with Gasteiger partial charge in [-0.1, -0.05) is 12.1 Å². The van der Waals surface area contributed by atoms with Gasteiger partial charge in [-0.25, -0.2) is 18.4 Å². The van der Waals surface area contributed by atoms with Crippen LogP contribution in [-0.2, 0) is 14.8 Å². The van der Waals surface area contributed by atoms with Crippen LogP contribution in [-0.4, -0.2) is 45.7 Å². The number of carbonyl (C=O) groups is 1. The van der Waals surface area contributed by atoms with Crippen molar-refractivity contribution in [2.45, 2.75) is 36.8 Å². The van der Waals surface area contributed by atoms with Gasteiger partial charge in [-0.3, -0.25) is 0 Å². The SMILES string of the molecule is CC(c1ccc(S(N)(=O)=O)cc1)N(C)C(=O)NCC1CCCO1. The molecule has 0 bridgehead atoms. The van der Waals surface area contributed by atoms with Crippen LogP contribution in [0.25, 0.3) is 0 Å². The van der Waals surface area contributed by atoms with Gasteiger partial charge in [0.2, 0.25) is 10.0 Å². The fraction of sp³-hybridized carbons (Fsp3) is 0.533. The number of amides is 2. The lowest BCUT2D eigenvalue weighted by atomic mass is 10.1. The van der Waals surface area contributed by atoms with E-state index in [0.29, 0.717) is 6.54 Å². The first-order valence-electron chi connectivity index (χ1n) is 7.54. The van der Waals surface area contributed by atoms with Gasteiger partial charge in [0.1, 0.15) is 0 Å². The minimum atomic E-state index is -3.71. The number of ether oxygens (including phenoxy) is 1. The molecule has 8 heteroatoms. The number of hydrogen-bond acceptors (Lipinski definition) is 4. The average Bonchev–Trinajstić information content (AvgIpc) is 3.04. The summed E-state index contributed by atoms with van der Waals surface area (Å²) in [5.41, 5.74) is 0.826. The fourth-order valence-corrected chi connectivity index (χ4v) is 2.98. The zero-order valence-electron chi connectivity index (χ0n) is 13.4. The first-order chi connectivity index (χ1) is 10.8. The maximum atomic E-state index is 12.2. The van der Waals surface area contributed by atoms with Crippen LogP contribution in [0.15, 0.2) is 29.2 Å². The molecule has 1 aliphatic heterocycles. The van der Waals surface area contributed by atoms with Crippen LogP contribution < -0.4 is 10.5 Å². The van der Waals surface area contributed by atoms with Crippen LogP contribution in [0.3, 0.4) is 0 Å². The first-order valence-corrected chi connectivity index (χ1v) is 9.08. The van der Waals surface area contributed by atoms with E-state index in [2.05, 4.69) is 5.32 Å². The third kappa shape index (κ3) is 4.66. The van der Waals surface area contributed by atoms with E-state index >= 15 is 0 Å². The number of primary sulfonamides is 1. The van der Waals surface area contributed by atoms with Gasteiger partial charge in [-0.05, 0) is 37.5 Å². The standard InChI is InChI=1S/C15H23N3O4S/c1-11(12-5-7-14(8-6-12)23(16,20)21)18(2)15(19)17-10-13-4-3-9-22-13/h5-8,11,13H,3-4,9-10H2,1-2H3,(H,17,19)(H2,16,20,21). The number of nitrogens with two attached hydrogens (primary N) is 1. The molecule has 2 atom stereocenters. The number of carbonyl (C=O) groups excluding carboxylic acids is 1. The molecule has 1 fully saturated rings. The van der Waals surface area contributed by atoms with Gasteiger partial charge in [-0.15, -0.1) is 0 Å². The van der Waals surface area contributed by atoms with Gasteiger partial charge in [0, 0.05) is 20.2 Å². The summed E-state index contributed by atoms with van der Waals surface area (Å²) >= 11 is 0. The summed E-state index contributed by atoms with van der Waals surface area (Å²) in [5, 5.41) is 7.93. The van der Waals surface area contributed by atoms with Crippen LogP contribution in [0, 0.1) is 0 Å². The second kappa shape index (κ2) is 7.29. The van der Waals surface area contributed by atoms with Crippen molar-refractivity contribution in [1.29, 1.82) is 0 Å². The zero-order valence-corrected chi connectivity index (χ0v) is 14.2. The van der Waals surface area contributed by atoms with E-state index in [4.69, 9.17) is 9.88 Å². The quantitative estimate of drug-likeness (QED) is 0.840. The fourth-order valence-electron chi connectivity index (χ4n) is 2.47. The molecule has 1 aromatic carbocycles. The van der Waals surface area contributed by atoms with E-state index in [1.165, 1.54) is 12.1 Å². The van der Waals surface area contributed by atoms with Crippen molar-refractivity contribution in [1.82, 2.24) is 10.2 Å². The van der Waals surface area contributed by atoms with Gasteiger partial charge in [0.25, 0.3) is 0 Å². The Morgan fingerprint density at radius 2 is 2.09 bits per heavy atom. The molecule has 1 heterocycles. The van der Waals surface area contributed by atoms with Crippen LogP contribution >= 0.6 is 0 Å². The molecule has 0 radical (unpaired) electrons. The summed E-state index contributed by atoms with van der Waals surface area (Å²) in [4.78, 5) is 13.8. The molecule has 1 aromatic rings. The predicted octanol–water partition coefficient (Wildman–Crippen LogP) is 1.22. The Kier molecular flexibility index (Phi) is 5.61. The van der Waals surface area contributed by atoms with E-state index in [-0.39, 0.29) is 23.1 Å². The molecule has 2 amide bonds. The number of sulfonamides is 1. The van der Waals surface area contributed by atoms with Gasteiger partial charge in [0.05, 0.1) is 17.0 Å².